The summed E-state index contributed by atoms with van der Waals surface area (Å²) in [7, 11) is -3.95. The molecule has 0 spiro atoms. The summed E-state index contributed by atoms with van der Waals surface area (Å²) in [4.78, 5) is 22.8. The highest BCUT2D eigenvalue weighted by Gasteiger charge is 2.16. The molecule has 9 heteroatoms. The molecular weight excluding hydrogens is 337 g/mol. The summed E-state index contributed by atoms with van der Waals surface area (Å²) in [6.45, 7) is 1.08. The maximum atomic E-state index is 13.4. The molecule has 0 saturated carbocycles. The van der Waals surface area contributed by atoms with Crippen molar-refractivity contribution >= 4 is 33.2 Å². The lowest BCUT2D eigenvalue weighted by Gasteiger charge is -2.09. The Morgan fingerprint density at radius 3 is 2.29 bits per heavy atom. The number of carbonyl (C=O) groups excluding carboxylic acids is 2. The molecule has 0 bridgehead atoms. The first-order chi connectivity index (χ1) is 11.2. The van der Waals surface area contributed by atoms with Gasteiger partial charge in [-0.1, -0.05) is 6.07 Å². The Labute approximate surface area is 137 Å². The van der Waals surface area contributed by atoms with Gasteiger partial charge in [-0.25, -0.2) is 17.5 Å². The third-order valence-electron chi connectivity index (χ3n) is 3.00. The van der Waals surface area contributed by atoms with E-state index in [1.165, 1.54) is 36.4 Å². The molecule has 0 aliphatic heterocycles. The molecule has 2 rings (SSSR count). The standard InChI is InChI=1S/C15H14FN3O4S/c1-9(20)19-24(22,23)11-7-5-10(6-8-11)18-15(21)12-3-2-4-13(16)14(12)17/h2-8H,17H2,1H3,(H,18,21)(H,19,20). The Morgan fingerprint density at radius 2 is 1.71 bits per heavy atom. The van der Waals surface area contributed by atoms with E-state index in [2.05, 4.69) is 5.32 Å². The maximum Gasteiger partial charge on any atom is 0.264 e. The van der Waals surface area contributed by atoms with E-state index in [1.54, 1.807) is 0 Å². The van der Waals surface area contributed by atoms with E-state index in [0.717, 1.165) is 13.0 Å². The van der Waals surface area contributed by atoms with Crippen LogP contribution in [-0.4, -0.2) is 20.2 Å². The summed E-state index contributed by atoms with van der Waals surface area (Å²) in [5.41, 5.74) is 5.48. The highest BCUT2D eigenvalue weighted by molar-refractivity contribution is 7.90. The molecule has 0 aromatic heterocycles. The van der Waals surface area contributed by atoms with Crippen molar-refractivity contribution < 1.29 is 22.4 Å². The molecule has 0 saturated heterocycles. The van der Waals surface area contributed by atoms with Crippen LogP contribution in [-0.2, 0) is 14.8 Å². The lowest BCUT2D eigenvalue weighted by molar-refractivity contribution is -0.117. The van der Waals surface area contributed by atoms with Gasteiger partial charge >= 0.3 is 0 Å². The van der Waals surface area contributed by atoms with Crippen LogP contribution < -0.4 is 15.8 Å². The van der Waals surface area contributed by atoms with Crippen LogP contribution in [0, 0.1) is 5.82 Å². The Kier molecular flexibility index (Phi) is 4.84. The second-order valence-electron chi connectivity index (χ2n) is 4.84. The van der Waals surface area contributed by atoms with Gasteiger partial charge in [-0.15, -0.1) is 0 Å². The zero-order valence-electron chi connectivity index (χ0n) is 12.5. The molecule has 0 aliphatic rings. The van der Waals surface area contributed by atoms with Crippen molar-refractivity contribution in [2.45, 2.75) is 11.8 Å². The second-order valence-corrected chi connectivity index (χ2v) is 6.52. The predicted molar refractivity (Wildman–Crippen MR) is 86.2 cm³/mol. The largest absolute Gasteiger partial charge is 0.396 e. The van der Waals surface area contributed by atoms with E-state index in [0.29, 0.717) is 0 Å². The number of hydrogen-bond donors (Lipinski definition) is 3. The number of benzene rings is 2. The highest BCUT2D eigenvalue weighted by Crippen LogP contribution is 2.19. The summed E-state index contributed by atoms with van der Waals surface area (Å²) >= 11 is 0. The van der Waals surface area contributed by atoms with Gasteiger partial charge in [0.05, 0.1) is 16.1 Å². The minimum Gasteiger partial charge on any atom is -0.396 e. The van der Waals surface area contributed by atoms with Crippen LogP contribution in [0.25, 0.3) is 0 Å². The van der Waals surface area contributed by atoms with Crippen molar-refractivity contribution in [2.75, 3.05) is 11.1 Å². The number of rotatable bonds is 4. The Hall–Kier alpha value is -2.94. The molecular formula is C15H14FN3O4S. The van der Waals surface area contributed by atoms with E-state index in [-0.39, 0.29) is 21.8 Å². The number of hydrogen-bond acceptors (Lipinski definition) is 5. The van der Waals surface area contributed by atoms with Crippen LogP contribution in [0.4, 0.5) is 15.8 Å². The number of nitrogens with one attached hydrogen (secondary N) is 2. The minimum atomic E-state index is -3.95. The van der Waals surface area contributed by atoms with Gasteiger partial charge in [-0.05, 0) is 36.4 Å². The topological polar surface area (TPSA) is 118 Å². The van der Waals surface area contributed by atoms with E-state index in [4.69, 9.17) is 5.73 Å². The van der Waals surface area contributed by atoms with Crippen LogP contribution in [0.1, 0.15) is 17.3 Å². The fourth-order valence-electron chi connectivity index (χ4n) is 1.90. The number of para-hydroxylation sites is 1. The van der Waals surface area contributed by atoms with Crippen molar-refractivity contribution in [2.24, 2.45) is 0 Å². The van der Waals surface area contributed by atoms with Crippen molar-refractivity contribution in [1.29, 1.82) is 0 Å². The van der Waals surface area contributed by atoms with E-state index < -0.39 is 27.7 Å². The molecule has 0 atom stereocenters. The summed E-state index contributed by atoms with van der Waals surface area (Å²) in [6.07, 6.45) is 0. The first kappa shape index (κ1) is 17.4. The van der Waals surface area contributed by atoms with Crippen molar-refractivity contribution in [3.8, 4) is 0 Å². The quantitative estimate of drug-likeness (QED) is 0.721. The summed E-state index contributed by atoms with van der Waals surface area (Å²) in [5.74, 6) is -2.06. The van der Waals surface area contributed by atoms with Gasteiger partial charge in [-0.2, -0.15) is 0 Å². The van der Waals surface area contributed by atoms with Gasteiger partial charge < -0.3 is 11.1 Å². The third-order valence-corrected chi connectivity index (χ3v) is 4.45. The highest BCUT2D eigenvalue weighted by atomic mass is 32.2. The lowest BCUT2D eigenvalue weighted by Crippen LogP contribution is -2.28. The molecule has 7 nitrogen and oxygen atoms in total. The predicted octanol–water partition coefficient (Wildman–Crippen LogP) is 1.49. The molecule has 0 unspecified atom stereocenters. The van der Waals surface area contributed by atoms with Gasteiger partial charge in [0.15, 0.2) is 0 Å². The number of halogens is 1. The van der Waals surface area contributed by atoms with Gasteiger partial charge in [-0.3, -0.25) is 9.59 Å². The molecule has 2 aromatic rings. The fourth-order valence-corrected chi connectivity index (χ4v) is 2.89. The molecule has 24 heavy (non-hydrogen) atoms. The molecule has 0 radical (unpaired) electrons. The Balaban J connectivity index is 2.19. The number of anilines is 2. The summed E-state index contributed by atoms with van der Waals surface area (Å²) in [5, 5.41) is 2.48. The van der Waals surface area contributed by atoms with Crippen LogP contribution >= 0.6 is 0 Å². The van der Waals surface area contributed by atoms with Gasteiger partial charge in [0.2, 0.25) is 5.91 Å². The fraction of sp³-hybridized carbons (Fsp3) is 0.0667. The number of nitrogens with two attached hydrogens (primary N) is 1. The second kappa shape index (κ2) is 6.67. The van der Waals surface area contributed by atoms with Gasteiger partial charge in [0.25, 0.3) is 15.9 Å². The zero-order valence-corrected chi connectivity index (χ0v) is 13.4. The molecule has 126 valence electrons. The van der Waals surface area contributed by atoms with Crippen LogP contribution in [0.2, 0.25) is 0 Å². The van der Waals surface area contributed by atoms with Crippen LogP contribution in [0.5, 0.6) is 0 Å². The van der Waals surface area contributed by atoms with Gasteiger partial charge in [0.1, 0.15) is 5.82 Å². The summed E-state index contributed by atoms with van der Waals surface area (Å²) < 4.78 is 38.8. The first-order valence-electron chi connectivity index (χ1n) is 6.69. The monoisotopic (exact) mass is 351 g/mol. The molecule has 0 aliphatic carbocycles. The zero-order chi connectivity index (χ0) is 17.9. The molecule has 2 amide bonds. The average Bonchev–Trinajstić information content (AvgIpc) is 2.49. The van der Waals surface area contributed by atoms with Gasteiger partial charge in [0, 0.05) is 12.6 Å². The molecule has 0 heterocycles. The molecule has 2 aromatic carbocycles. The van der Waals surface area contributed by atoms with Crippen molar-refractivity contribution in [3.63, 3.8) is 0 Å². The SMILES string of the molecule is CC(=O)NS(=O)(=O)c1ccc(NC(=O)c2cccc(F)c2N)cc1. The van der Waals surface area contributed by atoms with E-state index in [9.17, 15) is 22.4 Å². The smallest absolute Gasteiger partial charge is 0.264 e. The lowest BCUT2D eigenvalue weighted by atomic mass is 10.1. The summed E-state index contributed by atoms with van der Waals surface area (Å²) in [6, 6.07) is 8.96. The molecule has 4 N–H and O–H groups in total. The average molecular weight is 351 g/mol. The normalized spacial score (nSPS) is 10.9. The van der Waals surface area contributed by atoms with Crippen molar-refractivity contribution in [1.82, 2.24) is 4.72 Å². The Morgan fingerprint density at radius 1 is 1.08 bits per heavy atom. The van der Waals surface area contributed by atoms with Crippen LogP contribution in [0.15, 0.2) is 47.4 Å². The number of carbonyl (C=O) groups is 2. The van der Waals surface area contributed by atoms with E-state index >= 15 is 0 Å². The van der Waals surface area contributed by atoms with E-state index in [1.807, 2.05) is 4.72 Å². The molecule has 0 fully saturated rings. The van der Waals surface area contributed by atoms with Crippen molar-refractivity contribution in [3.05, 3.63) is 53.8 Å². The maximum absolute atomic E-state index is 13.4. The number of nitrogen functional groups attached to an aromatic ring is 1. The number of amides is 2. The number of sulfonamides is 1. The first-order valence-corrected chi connectivity index (χ1v) is 8.18. The van der Waals surface area contributed by atoms with Crippen LogP contribution in [0.3, 0.4) is 0 Å². The Bertz CT molecular complexity index is 895. The minimum absolute atomic E-state index is 0.0371. The third kappa shape index (κ3) is 3.87.